The van der Waals surface area contributed by atoms with Crippen molar-refractivity contribution in [1.29, 1.82) is 0 Å². The molecule has 0 fully saturated rings. The Balaban J connectivity index is 1.82. The first kappa shape index (κ1) is 29.3. The second-order valence-corrected chi connectivity index (χ2v) is 10.1. The van der Waals surface area contributed by atoms with Gasteiger partial charge in [0.15, 0.2) is 0 Å². The molecule has 10 nitrogen and oxygen atoms in total. The first-order valence-corrected chi connectivity index (χ1v) is 12.9. The first-order valence-electron chi connectivity index (χ1n) is 12.9. The van der Waals surface area contributed by atoms with Crippen LogP contribution in [0.1, 0.15) is 46.2 Å². The van der Waals surface area contributed by atoms with Gasteiger partial charge in [-0.1, -0.05) is 34.1 Å². The number of ether oxygens (including phenoxy) is 3. The molecule has 210 valence electrons. The summed E-state index contributed by atoms with van der Waals surface area (Å²) in [5.41, 5.74) is 1.84. The van der Waals surface area contributed by atoms with E-state index in [-0.39, 0.29) is 17.9 Å². The van der Waals surface area contributed by atoms with Crippen molar-refractivity contribution in [3.05, 3.63) is 54.2 Å². The minimum Gasteiger partial charge on any atom is -0.497 e. The molecule has 2 aromatic carbocycles. The zero-order valence-corrected chi connectivity index (χ0v) is 23.8. The number of anilines is 2. The molecular weight excluding hydrogens is 498 g/mol. The summed E-state index contributed by atoms with van der Waals surface area (Å²) in [5.74, 6) is 1.97. The second-order valence-electron chi connectivity index (χ2n) is 10.1. The summed E-state index contributed by atoms with van der Waals surface area (Å²) in [7, 11) is 4.69. The summed E-state index contributed by atoms with van der Waals surface area (Å²) >= 11 is 0. The standard InChI is InChI=1S/C29H39N5O5/c1-8-9-16-33(28(36)30-23-15-14-22(38-6)17-24(23)39-7)19-27(35)31-26-18-25(29(2,3)4)32-34(26)20-10-12-21(37-5)13-11-20/h10-15,17-18H,8-9,16,19H2,1-7H3,(H,30,36)(H,31,35). The zero-order chi connectivity index (χ0) is 28.6. The van der Waals surface area contributed by atoms with E-state index in [0.29, 0.717) is 29.5 Å². The summed E-state index contributed by atoms with van der Waals surface area (Å²) in [5, 5.41) is 10.6. The summed E-state index contributed by atoms with van der Waals surface area (Å²) in [6, 6.07) is 14.0. The quantitative estimate of drug-likeness (QED) is 0.336. The zero-order valence-electron chi connectivity index (χ0n) is 23.8. The molecule has 0 aliphatic carbocycles. The molecule has 10 heteroatoms. The van der Waals surface area contributed by atoms with Crippen molar-refractivity contribution in [3.63, 3.8) is 0 Å². The molecule has 0 bridgehead atoms. The van der Waals surface area contributed by atoms with E-state index in [1.165, 1.54) is 12.0 Å². The average Bonchev–Trinajstić information content (AvgIpc) is 3.35. The molecule has 1 heterocycles. The van der Waals surface area contributed by atoms with Crippen molar-refractivity contribution in [2.75, 3.05) is 45.1 Å². The van der Waals surface area contributed by atoms with E-state index in [1.54, 1.807) is 37.1 Å². The van der Waals surface area contributed by atoms with Crippen LogP contribution < -0.4 is 24.8 Å². The number of methoxy groups -OCH3 is 3. The smallest absolute Gasteiger partial charge is 0.322 e. The van der Waals surface area contributed by atoms with Crippen LogP contribution in [0.4, 0.5) is 16.3 Å². The van der Waals surface area contributed by atoms with Crippen LogP contribution in [0.15, 0.2) is 48.5 Å². The Morgan fingerprint density at radius 1 is 0.923 bits per heavy atom. The van der Waals surface area contributed by atoms with Crippen molar-refractivity contribution in [2.24, 2.45) is 0 Å². The molecule has 1 aromatic heterocycles. The molecule has 0 saturated carbocycles. The molecular formula is C29H39N5O5. The van der Waals surface area contributed by atoms with Gasteiger partial charge in [-0.05, 0) is 42.8 Å². The summed E-state index contributed by atoms with van der Waals surface area (Å²) in [6.07, 6.45) is 1.62. The van der Waals surface area contributed by atoms with Crippen molar-refractivity contribution in [1.82, 2.24) is 14.7 Å². The lowest BCUT2D eigenvalue weighted by Crippen LogP contribution is -2.41. The number of benzene rings is 2. The summed E-state index contributed by atoms with van der Waals surface area (Å²) in [4.78, 5) is 28.0. The van der Waals surface area contributed by atoms with Crippen molar-refractivity contribution in [3.8, 4) is 22.9 Å². The SMILES string of the molecule is CCCCN(CC(=O)Nc1cc(C(C)(C)C)nn1-c1ccc(OC)cc1)C(=O)Nc1ccc(OC)cc1OC. The van der Waals surface area contributed by atoms with Crippen LogP contribution in [0.3, 0.4) is 0 Å². The molecule has 3 amide bonds. The lowest BCUT2D eigenvalue weighted by atomic mass is 9.92. The fourth-order valence-electron chi connectivity index (χ4n) is 3.81. The first-order chi connectivity index (χ1) is 18.6. The highest BCUT2D eigenvalue weighted by Crippen LogP contribution is 2.30. The number of nitrogens with zero attached hydrogens (tertiary/aromatic N) is 3. The van der Waals surface area contributed by atoms with Gasteiger partial charge in [0.05, 0.1) is 38.4 Å². The maximum absolute atomic E-state index is 13.3. The highest BCUT2D eigenvalue weighted by atomic mass is 16.5. The maximum Gasteiger partial charge on any atom is 0.322 e. The van der Waals surface area contributed by atoms with Crippen LogP contribution in [0.25, 0.3) is 5.69 Å². The third-order valence-electron chi connectivity index (χ3n) is 6.12. The molecule has 0 radical (unpaired) electrons. The lowest BCUT2D eigenvalue weighted by Gasteiger charge is -2.23. The topological polar surface area (TPSA) is 107 Å². The molecule has 0 aliphatic heterocycles. The van der Waals surface area contributed by atoms with E-state index in [2.05, 4.69) is 31.4 Å². The van der Waals surface area contributed by atoms with E-state index in [0.717, 1.165) is 30.0 Å². The van der Waals surface area contributed by atoms with Crippen LogP contribution in [0.2, 0.25) is 0 Å². The van der Waals surface area contributed by atoms with Gasteiger partial charge < -0.3 is 29.7 Å². The number of rotatable bonds is 11. The Kier molecular flexibility index (Phi) is 9.81. The maximum atomic E-state index is 13.3. The van der Waals surface area contributed by atoms with Gasteiger partial charge in [-0.25, -0.2) is 9.48 Å². The van der Waals surface area contributed by atoms with Gasteiger partial charge in [0.1, 0.15) is 29.6 Å². The van der Waals surface area contributed by atoms with Crippen LogP contribution in [0.5, 0.6) is 17.2 Å². The minimum atomic E-state index is -0.402. The van der Waals surface area contributed by atoms with Crippen LogP contribution >= 0.6 is 0 Å². The predicted octanol–water partition coefficient (Wildman–Crippen LogP) is 5.47. The number of urea groups is 1. The van der Waals surface area contributed by atoms with Gasteiger partial charge in [0.25, 0.3) is 0 Å². The van der Waals surface area contributed by atoms with Crippen LogP contribution in [-0.4, -0.2) is 61.0 Å². The van der Waals surface area contributed by atoms with Gasteiger partial charge >= 0.3 is 6.03 Å². The van der Waals surface area contributed by atoms with Gasteiger partial charge in [0.2, 0.25) is 5.91 Å². The van der Waals surface area contributed by atoms with Crippen LogP contribution in [-0.2, 0) is 10.2 Å². The largest absolute Gasteiger partial charge is 0.497 e. The van der Waals surface area contributed by atoms with E-state index in [4.69, 9.17) is 19.3 Å². The third kappa shape index (κ3) is 7.66. The minimum absolute atomic E-state index is 0.136. The number of hydrogen-bond acceptors (Lipinski definition) is 6. The number of carbonyl (C=O) groups is 2. The Morgan fingerprint density at radius 2 is 1.59 bits per heavy atom. The number of amides is 3. The monoisotopic (exact) mass is 537 g/mol. The van der Waals surface area contributed by atoms with E-state index in [1.807, 2.05) is 37.3 Å². The van der Waals surface area contributed by atoms with Gasteiger partial charge in [0, 0.05) is 24.1 Å². The number of aromatic nitrogens is 2. The van der Waals surface area contributed by atoms with E-state index >= 15 is 0 Å². The fourth-order valence-corrected chi connectivity index (χ4v) is 3.81. The summed E-state index contributed by atoms with van der Waals surface area (Å²) < 4.78 is 17.6. The van der Waals surface area contributed by atoms with E-state index in [9.17, 15) is 9.59 Å². The number of carbonyl (C=O) groups excluding carboxylic acids is 2. The Labute approximate surface area is 230 Å². The molecule has 0 unspecified atom stereocenters. The molecule has 0 atom stereocenters. The molecule has 39 heavy (non-hydrogen) atoms. The fraction of sp³-hybridized carbons (Fsp3) is 0.414. The molecule has 0 aliphatic rings. The van der Waals surface area contributed by atoms with Crippen molar-refractivity contribution < 1.29 is 23.8 Å². The van der Waals surface area contributed by atoms with E-state index < -0.39 is 6.03 Å². The Hall–Kier alpha value is -4.21. The number of unbranched alkanes of at least 4 members (excludes halogenated alkanes) is 1. The highest BCUT2D eigenvalue weighted by molar-refractivity contribution is 5.97. The molecule has 0 saturated heterocycles. The normalized spacial score (nSPS) is 11.1. The molecule has 3 rings (SSSR count). The van der Waals surface area contributed by atoms with Gasteiger partial charge in [-0.15, -0.1) is 0 Å². The highest BCUT2D eigenvalue weighted by Gasteiger charge is 2.23. The van der Waals surface area contributed by atoms with Crippen LogP contribution in [0, 0.1) is 0 Å². The summed E-state index contributed by atoms with van der Waals surface area (Å²) in [6.45, 7) is 8.49. The predicted molar refractivity (Wildman–Crippen MR) is 152 cm³/mol. The van der Waals surface area contributed by atoms with Crippen molar-refractivity contribution >= 4 is 23.4 Å². The second kappa shape index (κ2) is 13.0. The average molecular weight is 538 g/mol. The Morgan fingerprint density at radius 3 is 2.18 bits per heavy atom. The number of hydrogen-bond donors (Lipinski definition) is 2. The van der Waals surface area contributed by atoms with Gasteiger partial charge in [-0.2, -0.15) is 5.10 Å². The number of nitrogens with one attached hydrogen (secondary N) is 2. The lowest BCUT2D eigenvalue weighted by molar-refractivity contribution is -0.116. The molecule has 2 N–H and O–H groups in total. The van der Waals surface area contributed by atoms with Gasteiger partial charge in [-0.3, -0.25) is 4.79 Å². The Bertz CT molecular complexity index is 1260. The van der Waals surface area contributed by atoms with Crippen molar-refractivity contribution in [2.45, 2.75) is 46.0 Å². The molecule has 0 spiro atoms. The molecule has 3 aromatic rings. The third-order valence-corrected chi connectivity index (χ3v) is 6.12.